The number of carbonyl (C=O) groups is 2. The van der Waals surface area contributed by atoms with Gasteiger partial charge in [0.05, 0.1) is 6.54 Å². The lowest BCUT2D eigenvalue weighted by Crippen LogP contribution is -3.00. The van der Waals surface area contributed by atoms with Gasteiger partial charge in [0, 0.05) is 0 Å². The zero-order chi connectivity index (χ0) is 11.8. The van der Waals surface area contributed by atoms with Gasteiger partial charge in [-0.25, -0.2) is 0 Å². The van der Waals surface area contributed by atoms with Crippen molar-refractivity contribution in [2.45, 2.75) is 6.61 Å². The molecular formula is C11H14ClN2O3-. The van der Waals surface area contributed by atoms with Gasteiger partial charge in [-0.1, -0.05) is 30.3 Å². The molecule has 5 nitrogen and oxygen atoms in total. The van der Waals surface area contributed by atoms with Crippen LogP contribution in [0.4, 0.5) is 0 Å². The average Bonchev–Trinajstić information content (AvgIpc) is 2.34. The first-order valence-electron chi connectivity index (χ1n) is 4.88. The highest BCUT2D eigenvalue weighted by Gasteiger charge is 2.04. The number of carbonyl (C=O) groups excluding carboxylic acids is 2. The van der Waals surface area contributed by atoms with Crippen molar-refractivity contribution in [3.05, 3.63) is 35.9 Å². The molecule has 0 saturated heterocycles. The van der Waals surface area contributed by atoms with Gasteiger partial charge in [0.2, 0.25) is 5.91 Å². The Morgan fingerprint density at radius 2 is 1.88 bits per heavy atom. The van der Waals surface area contributed by atoms with Crippen molar-refractivity contribution in [1.29, 1.82) is 0 Å². The standard InChI is InChI=1S/C11H14N2O3.ClH/c12-6-10(14)13-7-11(15)16-8-9-4-2-1-3-5-9;/h1-5H,6-8,12H2,(H,13,14);1H/p-1. The molecule has 0 aromatic heterocycles. The van der Waals surface area contributed by atoms with Crippen LogP contribution in [-0.2, 0) is 20.9 Å². The summed E-state index contributed by atoms with van der Waals surface area (Å²) in [5.41, 5.74) is 5.96. The molecule has 3 N–H and O–H groups in total. The van der Waals surface area contributed by atoms with Crippen LogP contribution in [0.3, 0.4) is 0 Å². The third-order valence-electron chi connectivity index (χ3n) is 1.86. The molecule has 1 rings (SSSR count). The van der Waals surface area contributed by atoms with Crippen LogP contribution in [0, 0.1) is 0 Å². The van der Waals surface area contributed by atoms with Crippen molar-refractivity contribution in [2.75, 3.05) is 13.1 Å². The van der Waals surface area contributed by atoms with E-state index in [1.807, 2.05) is 30.3 Å². The number of hydrogen-bond donors (Lipinski definition) is 2. The van der Waals surface area contributed by atoms with E-state index in [-0.39, 0.29) is 38.0 Å². The summed E-state index contributed by atoms with van der Waals surface area (Å²) < 4.78 is 4.93. The van der Waals surface area contributed by atoms with Crippen LogP contribution in [0.25, 0.3) is 0 Å². The molecule has 0 aliphatic carbocycles. The molecule has 1 amide bonds. The van der Waals surface area contributed by atoms with Gasteiger partial charge >= 0.3 is 5.97 Å². The van der Waals surface area contributed by atoms with Crippen molar-refractivity contribution in [3.8, 4) is 0 Å². The van der Waals surface area contributed by atoms with Gasteiger partial charge in [0.1, 0.15) is 13.2 Å². The normalized spacial score (nSPS) is 9.00. The summed E-state index contributed by atoms with van der Waals surface area (Å²) in [6.45, 7) is -0.0764. The quantitative estimate of drug-likeness (QED) is 0.545. The Hall–Kier alpha value is -1.59. The monoisotopic (exact) mass is 257 g/mol. The van der Waals surface area contributed by atoms with Gasteiger partial charge in [-0.2, -0.15) is 0 Å². The fourth-order valence-corrected chi connectivity index (χ4v) is 1.03. The summed E-state index contributed by atoms with van der Waals surface area (Å²) in [5.74, 6) is -0.859. The van der Waals surface area contributed by atoms with Gasteiger partial charge in [-0.05, 0) is 5.56 Å². The molecule has 0 aliphatic heterocycles. The summed E-state index contributed by atoms with van der Waals surface area (Å²) in [7, 11) is 0. The van der Waals surface area contributed by atoms with E-state index in [9.17, 15) is 9.59 Å². The summed E-state index contributed by atoms with van der Waals surface area (Å²) in [4.78, 5) is 21.9. The fraction of sp³-hybridized carbons (Fsp3) is 0.273. The molecule has 0 bridgehead atoms. The van der Waals surface area contributed by atoms with Crippen LogP contribution < -0.4 is 23.5 Å². The minimum Gasteiger partial charge on any atom is -1.00 e. The minimum absolute atomic E-state index is 0. The number of ether oxygens (including phenoxy) is 1. The molecule has 0 spiro atoms. The maximum Gasteiger partial charge on any atom is 0.325 e. The van der Waals surface area contributed by atoms with Crippen LogP contribution in [0.1, 0.15) is 5.56 Å². The third-order valence-corrected chi connectivity index (χ3v) is 1.86. The van der Waals surface area contributed by atoms with E-state index in [0.29, 0.717) is 0 Å². The summed E-state index contributed by atoms with van der Waals surface area (Å²) >= 11 is 0. The lowest BCUT2D eigenvalue weighted by atomic mass is 10.2. The van der Waals surface area contributed by atoms with E-state index >= 15 is 0 Å². The summed E-state index contributed by atoms with van der Waals surface area (Å²) in [6.07, 6.45) is 0. The topological polar surface area (TPSA) is 81.4 Å². The van der Waals surface area contributed by atoms with E-state index < -0.39 is 5.97 Å². The predicted octanol–water partition coefficient (Wildman–Crippen LogP) is -3.19. The van der Waals surface area contributed by atoms with E-state index in [0.717, 1.165) is 5.56 Å². The number of rotatable bonds is 5. The highest BCUT2D eigenvalue weighted by atomic mass is 35.5. The zero-order valence-electron chi connectivity index (χ0n) is 9.19. The predicted molar refractivity (Wildman–Crippen MR) is 58.3 cm³/mol. The Kier molecular flexibility index (Phi) is 7.75. The molecule has 0 atom stereocenters. The second-order valence-electron chi connectivity index (χ2n) is 3.13. The second kappa shape index (κ2) is 8.55. The van der Waals surface area contributed by atoms with Gasteiger partial charge < -0.3 is 28.2 Å². The van der Waals surface area contributed by atoms with Gasteiger partial charge in [-0.15, -0.1) is 0 Å². The summed E-state index contributed by atoms with van der Waals surface area (Å²) in [6, 6.07) is 9.31. The number of benzene rings is 1. The Morgan fingerprint density at radius 1 is 1.24 bits per heavy atom. The highest BCUT2D eigenvalue weighted by molar-refractivity contribution is 5.82. The Morgan fingerprint density at radius 3 is 2.47 bits per heavy atom. The van der Waals surface area contributed by atoms with E-state index in [4.69, 9.17) is 10.5 Å². The number of hydrogen-bond acceptors (Lipinski definition) is 4. The molecule has 0 unspecified atom stereocenters. The maximum atomic E-state index is 11.2. The largest absolute Gasteiger partial charge is 1.00 e. The smallest absolute Gasteiger partial charge is 0.325 e. The first-order chi connectivity index (χ1) is 7.72. The van der Waals surface area contributed by atoms with Crippen LogP contribution in [0.5, 0.6) is 0 Å². The molecular weight excluding hydrogens is 244 g/mol. The fourth-order valence-electron chi connectivity index (χ4n) is 1.03. The van der Waals surface area contributed by atoms with Gasteiger partial charge in [-0.3, -0.25) is 9.59 Å². The number of amides is 1. The molecule has 94 valence electrons. The van der Waals surface area contributed by atoms with Crippen molar-refractivity contribution in [3.63, 3.8) is 0 Å². The second-order valence-corrected chi connectivity index (χ2v) is 3.13. The summed E-state index contributed by atoms with van der Waals surface area (Å²) in [5, 5.41) is 2.33. The minimum atomic E-state index is -0.481. The first kappa shape index (κ1) is 15.4. The van der Waals surface area contributed by atoms with E-state index in [1.165, 1.54) is 0 Å². The van der Waals surface area contributed by atoms with Crippen molar-refractivity contribution in [1.82, 2.24) is 5.32 Å². The molecule has 0 radical (unpaired) electrons. The number of esters is 1. The van der Waals surface area contributed by atoms with E-state index in [1.54, 1.807) is 0 Å². The molecule has 6 heteroatoms. The van der Waals surface area contributed by atoms with Gasteiger partial charge in [0.25, 0.3) is 0 Å². The first-order valence-corrected chi connectivity index (χ1v) is 4.88. The Balaban J connectivity index is 0.00000256. The zero-order valence-corrected chi connectivity index (χ0v) is 9.94. The van der Waals surface area contributed by atoms with Crippen LogP contribution >= 0.6 is 0 Å². The van der Waals surface area contributed by atoms with Crippen molar-refractivity contribution < 1.29 is 26.7 Å². The average molecular weight is 258 g/mol. The third kappa shape index (κ3) is 6.55. The lowest BCUT2D eigenvalue weighted by Gasteiger charge is -2.05. The molecule has 0 heterocycles. The maximum absolute atomic E-state index is 11.2. The Bertz CT molecular complexity index is 357. The van der Waals surface area contributed by atoms with Crippen molar-refractivity contribution in [2.24, 2.45) is 5.73 Å². The molecule has 1 aromatic carbocycles. The van der Waals surface area contributed by atoms with Crippen LogP contribution in [0.2, 0.25) is 0 Å². The SMILES string of the molecule is NCC(=O)NCC(=O)OCc1ccccc1.[Cl-]. The van der Waals surface area contributed by atoms with Crippen LogP contribution in [-0.4, -0.2) is 25.0 Å². The lowest BCUT2D eigenvalue weighted by molar-refractivity contribution is -0.145. The van der Waals surface area contributed by atoms with Crippen LogP contribution in [0.15, 0.2) is 30.3 Å². The van der Waals surface area contributed by atoms with Gasteiger partial charge in [0.15, 0.2) is 0 Å². The molecule has 1 aromatic rings. The number of nitrogens with two attached hydrogens (primary N) is 1. The molecule has 17 heavy (non-hydrogen) atoms. The van der Waals surface area contributed by atoms with E-state index in [2.05, 4.69) is 5.32 Å². The number of halogens is 1. The number of nitrogens with one attached hydrogen (secondary N) is 1. The molecule has 0 saturated carbocycles. The molecule has 0 fully saturated rings. The highest BCUT2D eigenvalue weighted by Crippen LogP contribution is 2.00. The molecule has 0 aliphatic rings. The Labute approximate surface area is 106 Å². The van der Waals surface area contributed by atoms with Crippen molar-refractivity contribution >= 4 is 11.9 Å².